The number of carboxylic acid groups (broad SMARTS) is 1. The second-order valence-electron chi connectivity index (χ2n) is 6.01. The molecule has 0 aliphatic heterocycles. The molecule has 7 nitrogen and oxygen atoms in total. The van der Waals surface area contributed by atoms with Gasteiger partial charge in [0.1, 0.15) is 5.56 Å². The van der Waals surface area contributed by atoms with Gasteiger partial charge in [0.05, 0.1) is 24.7 Å². The molecule has 1 saturated carbocycles. The van der Waals surface area contributed by atoms with Crippen LogP contribution in [0, 0.1) is 0 Å². The summed E-state index contributed by atoms with van der Waals surface area (Å²) in [6.07, 6.45) is 2.89. The van der Waals surface area contributed by atoms with Crippen molar-refractivity contribution in [1.29, 1.82) is 0 Å². The molecule has 0 bridgehead atoms. The Bertz CT molecular complexity index is 860. The van der Waals surface area contributed by atoms with E-state index in [-0.39, 0.29) is 18.8 Å². The summed E-state index contributed by atoms with van der Waals surface area (Å²) in [6.45, 7) is 1.08. The van der Waals surface area contributed by atoms with Gasteiger partial charge in [-0.3, -0.25) is 4.79 Å². The first kappa shape index (κ1) is 17.7. The van der Waals surface area contributed by atoms with Gasteiger partial charge >= 0.3 is 5.97 Å². The van der Waals surface area contributed by atoms with Gasteiger partial charge in [-0.15, -0.1) is 11.6 Å². The minimum atomic E-state index is -1.27. The van der Waals surface area contributed by atoms with Crippen LogP contribution in [0.25, 0.3) is 10.9 Å². The third kappa shape index (κ3) is 3.63. The first-order chi connectivity index (χ1) is 12.0. The summed E-state index contributed by atoms with van der Waals surface area (Å²) < 4.78 is 5.22. The van der Waals surface area contributed by atoms with Crippen LogP contribution in [0.5, 0.6) is 0 Å². The summed E-state index contributed by atoms with van der Waals surface area (Å²) in [5, 5.41) is 21.3. The lowest BCUT2D eigenvalue weighted by Gasteiger charge is -2.17. The maximum Gasteiger partial charge on any atom is 0.341 e. The van der Waals surface area contributed by atoms with Gasteiger partial charge in [-0.1, -0.05) is 0 Å². The van der Waals surface area contributed by atoms with Crippen molar-refractivity contribution in [2.45, 2.75) is 17.7 Å². The number of rotatable bonds is 8. The average molecular weight is 367 g/mol. The van der Waals surface area contributed by atoms with E-state index in [0.29, 0.717) is 29.7 Å². The van der Waals surface area contributed by atoms with Gasteiger partial charge in [-0.05, 0) is 30.5 Å². The maximum atomic E-state index is 12.4. The highest BCUT2D eigenvalue weighted by molar-refractivity contribution is 6.26. The van der Waals surface area contributed by atoms with Crippen LogP contribution in [0.3, 0.4) is 0 Å². The van der Waals surface area contributed by atoms with Crippen molar-refractivity contribution >= 4 is 34.2 Å². The van der Waals surface area contributed by atoms with E-state index in [1.807, 2.05) is 0 Å². The number of pyridine rings is 1. The zero-order valence-electron chi connectivity index (χ0n) is 13.5. The van der Waals surface area contributed by atoms with E-state index in [4.69, 9.17) is 26.6 Å². The molecule has 1 aromatic heterocycles. The number of hydrogen-bond acceptors (Lipinski definition) is 5. The number of carboxylic acids is 1. The zero-order valence-corrected chi connectivity index (χ0v) is 14.2. The highest BCUT2D eigenvalue weighted by Crippen LogP contribution is 2.54. The van der Waals surface area contributed by atoms with E-state index in [2.05, 4.69) is 10.3 Å². The summed E-state index contributed by atoms with van der Waals surface area (Å²) in [6, 6.07) is 3.45. The van der Waals surface area contributed by atoms with E-state index in [1.165, 1.54) is 6.20 Å². The van der Waals surface area contributed by atoms with Gasteiger partial charge in [-0.2, -0.15) is 0 Å². The van der Waals surface area contributed by atoms with Gasteiger partial charge in [0, 0.05) is 29.3 Å². The largest absolute Gasteiger partial charge is 0.477 e. The van der Waals surface area contributed by atoms with Crippen LogP contribution in [-0.4, -0.2) is 47.5 Å². The minimum Gasteiger partial charge on any atom is -0.477 e. The predicted molar refractivity (Wildman–Crippen MR) is 94.7 cm³/mol. The number of benzene rings is 1. The summed E-state index contributed by atoms with van der Waals surface area (Å²) in [4.78, 5) is 26.0. The zero-order chi connectivity index (χ0) is 18.0. The molecule has 25 heavy (non-hydrogen) atoms. The Labute approximate surface area is 148 Å². The van der Waals surface area contributed by atoms with Gasteiger partial charge < -0.3 is 25.3 Å². The van der Waals surface area contributed by atoms with Crippen LogP contribution in [-0.2, 0) is 9.61 Å². The first-order valence-electron chi connectivity index (χ1n) is 8.01. The fourth-order valence-corrected chi connectivity index (χ4v) is 3.00. The monoisotopic (exact) mass is 366 g/mol. The van der Waals surface area contributed by atoms with Crippen molar-refractivity contribution in [2.75, 3.05) is 31.7 Å². The van der Waals surface area contributed by atoms with Crippen molar-refractivity contribution in [3.05, 3.63) is 39.7 Å². The van der Waals surface area contributed by atoms with Crippen LogP contribution in [0.15, 0.2) is 23.1 Å². The third-order valence-corrected chi connectivity index (χ3v) is 4.80. The Morgan fingerprint density at radius 1 is 1.36 bits per heavy atom. The summed E-state index contributed by atoms with van der Waals surface area (Å²) in [5.41, 5.74) is 1.29. The first-order valence-corrected chi connectivity index (χ1v) is 8.39. The molecule has 1 aliphatic rings. The standard InChI is InChI=1S/C17H19ClN2O5/c18-17(1-2-17)12-8-13-10(15(22)11(9-20-13)16(23)24)7-14(12)19-3-5-25-6-4-21/h7-9,19,21H,1-6H2,(H,20,22)(H,23,24). The quantitative estimate of drug-likeness (QED) is 0.419. The number of fused-ring (bicyclic) bond motifs is 1. The molecule has 3 rings (SSSR count). The van der Waals surface area contributed by atoms with Gasteiger partial charge in [0.15, 0.2) is 0 Å². The number of hydrogen-bond donors (Lipinski definition) is 4. The summed E-state index contributed by atoms with van der Waals surface area (Å²) in [5.74, 6) is -1.27. The molecule has 134 valence electrons. The fraction of sp³-hybridized carbons (Fsp3) is 0.412. The lowest BCUT2D eigenvalue weighted by Crippen LogP contribution is -2.17. The number of aromatic nitrogens is 1. The number of aliphatic hydroxyl groups is 1. The lowest BCUT2D eigenvalue weighted by atomic mass is 10.0. The highest BCUT2D eigenvalue weighted by atomic mass is 35.5. The van der Waals surface area contributed by atoms with Crippen LogP contribution in [0.1, 0.15) is 28.8 Å². The van der Waals surface area contributed by atoms with Crippen LogP contribution in [0.4, 0.5) is 5.69 Å². The van der Waals surface area contributed by atoms with Crippen molar-refractivity contribution in [3.63, 3.8) is 0 Å². The molecule has 0 unspecified atom stereocenters. The number of H-pyrrole nitrogens is 1. The van der Waals surface area contributed by atoms with Gasteiger partial charge in [-0.25, -0.2) is 4.79 Å². The number of aromatic amines is 1. The number of alkyl halides is 1. The SMILES string of the molecule is O=C(O)c1c[nH]c2cc(C3(Cl)CC3)c(NCCOCCO)cc2c1=O. The molecule has 0 amide bonds. The third-order valence-electron chi connectivity index (χ3n) is 4.22. The molecular formula is C17H19ClN2O5. The highest BCUT2D eigenvalue weighted by Gasteiger charge is 2.44. The molecule has 4 N–H and O–H groups in total. The van der Waals surface area contributed by atoms with E-state index >= 15 is 0 Å². The van der Waals surface area contributed by atoms with E-state index in [0.717, 1.165) is 18.4 Å². The molecule has 1 heterocycles. The molecule has 1 aromatic carbocycles. The molecule has 1 aliphatic carbocycles. The second-order valence-corrected chi connectivity index (χ2v) is 6.73. The second kappa shape index (κ2) is 7.03. The number of aromatic carboxylic acids is 1. The smallest absolute Gasteiger partial charge is 0.341 e. The molecule has 8 heteroatoms. The molecule has 0 radical (unpaired) electrons. The Morgan fingerprint density at radius 2 is 2.12 bits per heavy atom. The van der Waals surface area contributed by atoms with Crippen molar-refractivity contribution in [3.8, 4) is 0 Å². The van der Waals surface area contributed by atoms with Crippen molar-refractivity contribution < 1.29 is 19.7 Å². The Hall–Kier alpha value is -2.09. The normalized spacial score (nSPS) is 15.3. The van der Waals surface area contributed by atoms with E-state index < -0.39 is 16.3 Å². The number of halogens is 1. The molecular weight excluding hydrogens is 348 g/mol. The number of anilines is 1. The van der Waals surface area contributed by atoms with Crippen molar-refractivity contribution in [2.24, 2.45) is 0 Å². The number of carbonyl (C=O) groups is 1. The van der Waals surface area contributed by atoms with Crippen LogP contribution >= 0.6 is 11.6 Å². The topological polar surface area (TPSA) is 112 Å². The lowest BCUT2D eigenvalue weighted by molar-refractivity contribution is 0.0695. The molecule has 0 spiro atoms. The van der Waals surface area contributed by atoms with E-state index in [9.17, 15) is 9.59 Å². The Morgan fingerprint density at radius 3 is 2.76 bits per heavy atom. The Balaban J connectivity index is 1.98. The van der Waals surface area contributed by atoms with Gasteiger partial charge in [0.25, 0.3) is 0 Å². The van der Waals surface area contributed by atoms with Crippen molar-refractivity contribution in [1.82, 2.24) is 4.98 Å². The fourth-order valence-electron chi connectivity index (χ4n) is 2.75. The number of ether oxygens (including phenoxy) is 1. The summed E-state index contributed by atoms with van der Waals surface area (Å²) in [7, 11) is 0. The van der Waals surface area contributed by atoms with Gasteiger partial charge in [0.2, 0.25) is 5.43 Å². The summed E-state index contributed by atoms with van der Waals surface area (Å²) >= 11 is 6.57. The average Bonchev–Trinajstić information content (AvgIpc) is 3.33. The van der Waals surface area contributed by atoms with E-state index in [1.54, 1.807) is 12.1 Å². The minimum absolute atomic E-state index is 0.0423. The van der Waals surface area contributed by atoms with Crippen LogP contribution in [0.2, 0.25) is 0 Å². The molecule has 2 aromatic rings. The Kier molecular flexibility index (Phi) is 4.99. The molecule has 0 atom stereocenters. The molecule has 1 fully saturated rings. The van der Waals surface area contributed by atoms with Crippen LogP contribution < -0.4 is 10.7 Å². The number of aliphatic hydroxyl groups excluding tert-OH is 1. The maximum absolute atomic E-state index is 12.4. The molecule has 0 saturated heterocycles. The predicted octanol–water partition coefficient (Wildman–Crippen LogP) is 1.87. The number of nitrogens with one attached hydrogen (secondary N) is 2.